The van der Waals surface area contributed by atoms with E-state index in [-0.39, 0.29) is 6.04 Å². The zero-order valence-electron chi connectivity index (χ0n) is 12.4. The smallest absolute Gasteiger partial charge is 0.0745 e. The SMILES string of the molecule is CNC(c1ccc(C(C)C)cc1)c1cc(C)nn1C. The highest BCUT2D eigenvalue weighted by atomic mass is 15.3. The van der Waals surface area contributed by atoms with Crippen LogP contribution < -0.4 is 5.32 Å². The number of hydrogen-bond donors (Lipinski definition) is 1. The minimum atomic E-state index is 0.187. The fourth-order valence-corrected chi connectivity index (χ4v) is 2.46. The van der Waals surface area contributed by atoms with E-state index in [0.717, 1.165) is 5.69 Å². The molecule has 1 heterocycles. The molecule has 1 aromatic heterocycles. The number of hydrogen-bond acceptors (Lipinski definition) is 2. The van der Waals surface area contributed by atoms with Gasteiger partial charge in [-0.05, 0) is 37.1 Å². The molecule has 1 aromatic carbocycles. The summed E-state index contributed by atoms with van der Waals surface area (Å²) in [5.41, 5.74) is 4.89. The van der Waals surface area contributed by atoms with Crippen molar-refractivity contribution in [3.05, 3.63) is 52.8 Å². The van der Waals surface area contributed by atoms with Crippen LogP contribution in [-0.4, -0.2) is 16.8 Å². The Balaban J connectivity index is 2.34. The van der Waals surface area contributed by atoms with Gasteiger partial charge in [0.1, 0.15) is 0 Å². The summed E-state index contributed by atoms with van der Waals surface area (Å²) in [6.07, 6.45) is 0. The van der Waals surface area contributed by atoms with Crippen LogP contribution >= 0.6 is 0 Å². The zero-order valence-corrected chi connectivity index (χ0v) is 12.4. The summed E-state index contributed by atoms with van der Waals surface area (Å²) in [5, 5.41) is 7.80. The molecule has 102 valence electrons. The first kappa shape index (κ1) is 13.8. The molecule has 0 aliphatic rings. The minimum Gasteiger partial charge on any atom is -0.308 e. The third-order valence-electron chi connectivity index (χ3n) is 3.56. The van der Waals surface area contributed by atoms with E-state index < -0.39 is 0 Å². The molecule has 0 aliphatic carbocycles. The average molecular weight is 257 g/mol. The quantitative estimate of drug-likeness (QED) is 0.911. The van der Waals surface area contributed by atoms with Crippen LogP contribution in [0.2, 0.25) is 0 Å². The van der Waals surface area contributed by atoms with E-state index in [1.807, 2.05) is 25.7 Å². The van der Waals surface area contributed by atoms with E-state index in [0.29, 0.717) is 5.92 Å². The van der Waals surface area contributed by atoms with Crippen molar-refractivity contribution in [2.75, 3.05) is 7.05 Å². The Hall–Kier alpha value is -1.61. The van der Waals surface area contributed by atoms with Crippen molar-refractivity contribution in [2.24, 2.45) is 7.05 Å². The summed E-state index contributed by atoms with van der Waals surface area (Å²) in [4.78, 5) is 0. The molecule has 2 rings (SSSR count). The molecule has 0 bridgehead atoms. The summed E-state index contributed by atoms with van der Waals surface area (Å²) in [6.45, 7) is 6.46. The molecule has 1 unspecified atom stereocenters. The monoisotopic (exact) mass is 257 g/mol. The molecule has 0 amide bonds. The fourth-order valence-electron chi connectivity index (χ4n) is 2.46. The molecule has 0 aliphatic heterocycles. The molecule has 1 N–H and O–H groups in total. The summed E-state index contributed by atoms with van der Waals surface area (Å²) in [7, 11) is 3.98. The number of aryl methyl sites for hydroxylation is 2. The van der Waals surface area contributed by atoms with E-state index >= 15 is 0 Å². The van der Waals surface area contributed by atoms with Crippen LogP contribution in [0.25, 0.3) is 0 Å². The van der Waals surface area contributed by atoms with Gasteiger partial charge in [-0.3, -0.25) is 4.68 Å². The van der Waals surface area contributed by atoms with Crippen LogP contribution in [0.15, 0.2) is 30.3 Å². The second-order valence-electron chi connectivity index (χ2n) is 5.38. The van der Waals surface area contributed by atoms with Crippen molar-refractivity contribution in [3.63, 3.8) is 0 Å². The minimum absolute atomic E-state index is 0.187. The van der Waals surface area contributed by atoms with Gasteiger partial charge in [-0.1, -0.05) is 38.1 Å². The lowest BCUT2D eigenvalue weighted by atomic mass is 9.97. The van der Waals surface area contributed by atoms with Gasteiger partial charge in [0, 0.05) is 7.05 Å². The van der Waals surface area contributed by atoms with E-state index in [1.54, 1.807) is 0 Å². The van der Waals surface area contributed by atoms with Gasteiger partial charge in [0.15, 0.2) is 0 Å². The first-order valence-corrected chi connectivity index (χ1v) is 6.80. The van der Waals surface area contributed by atoms with Crippen LogP contribution in [0.5, 0.6) is 0 Å². The predicted molar refractivity (Wildman–Crippen MR) is 79.4 cm³/mol. The van der Waals surface area contributed by atoms with Gasteiger partial charge < -0.3 is 5.32 Å². The van der Waals surface area contributed by atoms with Gasteiger partial charge in [0.05, 0.1) is 17.4 Å². The van der Waals surface area contributed by atoms with Gasteiger partial charge in [0.2, 0.25) is 0 Å². The maximum Gasteiger partial charge on any atom is 0.0745 e. The zero-order chi connectivity index (χ0) is 14.0. The molecule has 0 saturated carbocycles. The van der Waals surface area contributed by atoms with Crippen molar-refractivity contribution >= 4 is 0 Å². The third kappa shape index (κ3) is 2.87. The molecule has 1 atom stereocenters. The van der Waals surface area contributed by atoms with E-state index in [4.69, 9.17) is 0 Å². The fraction of sp³-hybridized carbons (Fsp3) is 0.438. The summed E-state index contributed by atoms with van der Waals surface area (Å²) < 4.78 is 1.95. The molecular formula is C16H23N3. The highest BCUT2D eigenvalue weighted by Crippen LogP contribution is 2.24. The average Bonchev–Trinajstić information content (AvgIpc) is 2.70. The Morgan fingerprint density at radius 2 is 1.68 bits per heavy atom. The van der Waals surface area contributed by atoms with Crippen molar-refractivity contribution < 1.29 is 0 Å². The number of benzene rings is 1. The number of rotatable bonds is 4. The summed E-state index contributed by atoms with van der Waals surface area (Å²) >= 11 is 0. The van der Waals surface area contributed by atoms with Gasteiger partial charge in [-0.25, -0.2) is 0 Å². The summed E-state index contributed by atoms with van der Waals surface area (Å²) in [5.74, 6) is 0.570. The highest BCUT2D eigenvalue weighted by molar-refractivity contribution is 5.32. The van der Waals surface area contributed by atoms with E-state index in [1.165, 1.54) is 16.8 Å². The highest BCUT2D eigenvalue weighted by Gasteiger charge is 2.16. The molecule has 0 saturated heterocycles. The van der Waals surface area contributed by atoms with E-state index in [2.05, 4.69) is 54.6 Å². The predicted octanol–water partition coefficient (Wildman–Crippen LogP) is 3.16. The molecule has 0 fully saturated rings. The Kier molecular flexibility index (Phi) is 4.05. The maximum atomic E-state index is 4.43. The van der Waals surface area contributed by atoms with Crippen LogP contribution in [-0.2, 0) is 7.05 Å². The normalized spacial score (nSPS) is 12.9. The molecule has 0 radical (unpaired) electrons. The molecule has 19 heavy (non-hydrogen) atoms. The van der Waals surface area contributed by atoms with Gasteiger partial charge in [-0.15, -0.1) is 0 Å². The lowest BCUT2D eigenvalue weighted by Crippen LogP contribution is -2.20. The van der Waals surface area contributed by atoms with Crippen molar-refractivity contribution in [2.45, 2.75) is 32.7 Å². The van der Waals surface area contributed by atoms with Crippen LogP contribution in [0.4, 0.5) is 0 Å². The van der Waals surface area contributed by atoms with Crippen molar-refractivity contribution in [1.29, 1.82) is 0 Å². The second-order valence-corrected chi connectivity index (χ2v) is 5.38. The van der Waals surface area contributed by atoms with Gasteiger partial charge in [0.25, 0.3) is 0 Å². The Labute approximate surface area is 115 Å². The maximum absolute atomic E-state index is 4.43. The van der Waals surface area contributed by atoms with Crippen LogP contribution in [0.3, 0.4) is 0 Å². The van der Waals surface area contributed by atoms with Crippen molar-refractivity contribution in [3.8, 4) is 0 Å². The van der Waals surface area contributed by atoms with Crippen LogP contribution in [0.1, 0.15) is 48.3 Å². The molecule has 3 nitrogen and oxygen atoms in total. The number of nitrogens with zero attached hydrogens (tertiary/aromatic N) is 2. The lowest BCUT2D eigenvalue weighted by Gasteiger charge is -2.18. The Bertz CT molecular complexity index is 538. The van der Waals surface area contributed by atoms with E-state index in [9.17, 15) is 0 Å². The molecule has 0 spiro atoms. The van der Waals surface area contributed by atoms with Crippen LogP contribution in [0, 0.1) is 6.92 Å². The topological polar surface area (TPSA) is 29.9 Å². The van der Waals surface area contributed by atoms with Gasteiger partial charge in [-0.2, -0.15) is 5.10 Å². The molecular weight excluding hydrogens is 234 g/mol. The second kappa shape index (κ2) is 5.57. The van der Waals surface area contributed by atoms with Crippen molar-refractivity contribution in [1.82, 2.24) is 15.1 Å². The van der Waals surface area contributed by atoms with Gasteiger partial charge >= 0.3 is 0 Å². The standard InChI is InChI=1S/C16H23N3/c1-11(2)13-6-8-14(9-7-13)16(17-4)15-10-12(3)18-19(15)5/h6-11,16-17H,1-5H3. The first-order valence-electron chi connectivity index (χ1n) is 6.80. The largest absolute Gasteiger partial charge is 0.308 e. The Morgan fingerprint density at radius 3 is 2.11 bits per heavy atom. The number of nitrogens with one attached hydrogen (secondary N) is 1. The molecule has 3 heteroatoms. The first-order chi connectivity index (χ1) is 9.02. The Morgan fingerprint density at radius 1 is 1.11 bits per heavy atom. The number of aromatic nitrogens is 2. The third-order valence-corrected chi connectivity index (χ3v) is 3.56. The molecule has 2 aromatic rings. The summed E-state index contributed by atoms with van der Waals surface area (Å²) in [6, 6.07) is 11.2. The lowest BCUT2D eigenvalue weighted by molar-refractivity contribution is 0.604.